The average Bonchev–Trinajstić information content (AvgIpc) is 2.92. The fourth-order valence-electron chi connectivity index (χ4n) is 2.90. The van der Waals surface area contributed by atoms with Gasteiger partial charge in [-0.25, -0.2) is 4.39 Å². The second-order valence-corrected chi connectivity index (χ2v) is 5.70. The lowest BCUT2D eigenvalue weighted by Crippen LogP contribution is -2.35. The van der Waals surface area contributed by atoms with E-state index in [2.05, 4.69) is 11.4 Å². The molecule has 0 aliphatic carbocycles. The minimum atomic E-state index is -0.257. The van der Waals surface area contributed by atoms with Crippen molar-refractivity contribution in [3.05, 3.63) is 64.4 Å². The lowest BCUT2D eigenvalue weighted by molar-refractivity contribution is 0.302. The van der Waals surface area contributed by atoms with Crippen LogP contribution in [-0.2, 0) is 6.42 Å². The van der Waals surface area contributed by atoms with Crippen LogP contribution in [0.25, 0.3) is 0 Å². The van der Waals surface area contributed by atoms with Crippen LogP contribution in [0, 0.1) is 5.82 Å². The number of fused-ring (bicyclic) bond motifs is 1. The minimum Gasteiger partial charge on any atom is -0.493 e. The molecule has 0 spiro atoms. The predicted molar refractivity (Wildman–Crippen MR) is 82.6 cm³/mol. The maximum atomic E-state index is 13.4. The molecule has 110 valence electrons. The highest BCUT2D eigenvalue weighted by atomic mass is 35.5. The molecule has 0 bridgehead atoms. The van der Waals surface area contributed by atoms with Gasteiger partial charge < -0.3 is 10.1 Å². The molecule has 2 unspecified atom stereocenters. The van der Waals surface area contributed by atoms with E-state index in [9.17, 15) is 4.39 Å². The minimum absolute atomic E-state index is 0.146. The molecule has 2 aromatic carbocycles. The number of halogens is 2. The van der Waals surface area contributed by atoms with Crippen LogP contribution in [0.2, 0.25) is 5.02 Å². The van der Waals surface area contributed by atoms with Gasteiger partial charge in [-0.1, -0.05) is 29.8 Å². The molecule has 1 heterocycles. The second kappa shape index (κ2) is 6.04. The third kappa shape index (κ3) is 2.89. The Morgan fingerprint density at radius 1 is 1.33 bits per heavy atom. The summed E-state index contributed by atoms with van der Waals surface area (Å²) in [6, 6.07) is 12.7. The van der Waals surface area contributed by atoms with Crippen LogP contribution in [0.15, 0.2) is 42.5 Å². The smallest absolute Gasteiger partial charge is 0.123 e. The predicted octanol–water partition coefficient (Wildman–Crippen LogP) is 3.79. The third-order valence-corrected chi connectivity index (χ3v) is 4.41. The van der Waals surface area contributed by atoms with Crippen LogP contribution in [0.4, 0.5) is 4.39 Å². The summed E-state index contributed by atoms with van der Waals surface area (Å²) < 4.78 is 19.2. The zero-order chi connectivity index (χ0) is 14.8. The molecule has 4 heteroatoms. The lowest BCUT2D eigenvalue weighted by Gasteiger charge is -2.23. The Morgan fingerprint density at radius 3 is 2.95 bits per heavy atom. The Balaban J connectivity index is 1.85. The summed E-state index contributed by atoms with van der Waals surface area (Å²) in [6.45, 7) is 0.637. The molecular weight excluding hydrogens is 289 g/mol. The summed E-state index contributed by atoms with van der Waals surface area (Å²) in [5, 5.41) is 3.92. The van der Waals surface area contributed by atoms with Gasteiger partial charge in [0.15, 0.2) is 0 Å². The van der Waals surface area contributed by atoms with Gasteiger partial charge in [0.2, 0.25) is 0 Å². The largest absolute Gasteiger partial charge is 0.493 e. The van der Waals surface area contributed by atoms with E-state index in [4.69, 9.17) is 16.3 Å². The molecular formula is C17H17ClFNO. The maximum absolute atomic E-state index is 13.4. The topological polar surface area (TPSA) is 21.3 Å². The molecule has 1 aliphatic rings. The van der Waals surface area contributed by atoms with E-state index in [0.717, 1.165) is 11.3 Å². The number of rotatable bonds is 4. The van der Waals surface area contributed by atoms with Crippen molar-refractivity contribution in [1.29, 1.82) is 0 Å². The normalized spacial score (nSPS) is 18.1. The van der Waals surface area contributed by atoms with Gasteiger partial charge in [0.25, 0.3) is 0 Å². The summed E-state index contributed by atoms with van der Waals surface area (Å²) in [4.78, 5) is 0. The molecule has 1 aliphatic heterocycles. The first-order chi connectivity index (χ1) is 10.2. The molecule has 1 N–H and O–H groups in total. The second-order valence-electron chi connectivity index (χ2n) is 5.29. The van der Waals surface area contributed by atoms with Gasteiger partial charge in [-0.2, -0.15) is 0 Å². The number of nitrogens with one attached hydrogen (secondary N) is 1. The third-order valence-electron chi connectivity index (χ3n) is 4.04. The highest BCUT2D eigenvalue weighted by Crippen LogP contribution is 2.36. The number of likely N-dealkylation sites (N-methyl/N-ethyl adjacent to an activating group) is 1. The van der Waals surface area contributed by atoms with E-state index < -0.39 is 0 Å². The fourth-order valence-corrected chi connectivity index (χ4v) is 3.10. The van der Waals surface area contributed by atoms with Crippen LogP contribution in [0.1, 0.15) is 17.0 Å². The Labute approximate surface area is 128 Å². The highest BCUT2D eigenvalue weighted by Gasteiger charge is 2.30. The lowest BCUT2D eigenvalue weighted by atomic mass is 9.89. The first kappa shape index (κ1) is 14.4. The van der Waals surface area contributed by atoms with E-state index in [-0.39, 0.29) is 17.8 Å². The van der Waals surface area contributed by atoms with E-state index in [0.29, 0.717) is 18.1 Å². The van der Waals surface area contributed by atoms with Crippen LogP contribution < -0.4 is 10.1 Å². The monoisotopic (exact) mass is 305 g/mol. The van der Waals surface area contributed by atoms with Crippen LogP contribution in [0.3, 0.4) is 0 Å². The molecule has 21 heavy (non-hydrogen) atoms. The number of para-hydroxylation sites is 1. The molecule has 0 fully saturated rings. The van der Waals surface area contributed by atoms with Gasteiger partial charge in [-0.05, 0) is 43.3 Å². The van der Waals surface area contributed by atoms with E-state index in [1.54, 1.807) is 6.07 Å². The average molecular weight is 306 g/mol. The van der Waals surface area contributed by atoms with Crippen LogP contribution in [-0.4, -0.2) is 19.7 Å². The Bertz CT molecular complexity index is 646. The SMILES string of the molecule is CNC(Cc1cc(F)ccc1Cl)C1COc2ccccc21. The molecule has 0 aromatic heterocycles. The molecule has 3 rings (SSSR count). The molecule has 0 radical (unpaired) electrons. The van der Waals surface area contributed by atoms with Gasteiger partial charge in [0.1, 0.15) is 11.6 Å². The molecule has 2 nitrogen and oxygen atoms in total. The van der Waals surface area contributed by atoms with Gasteiger partial charge in [-0.15, -0.1) is 0 Å². The van der Waals surface area contributed by atoms with Crippen molar-refractivity contribution in [2.75, 3.05) is 13.7 Å². The number of ether oxygens (including phenoxy) is 1. The van der Waals surface area contributed by atoms with Crippen molar-refractivity contribution in [3.8, 4) is 5.75 Å². The number of hydrogen-bond donors (Lipinski definition) is 1. The van der Waals surface area contributed by atoms with Gasteiger partial charge in [0.05, 0.1) is 6.61 Å². The van der Waals surface area contributed by atoms with E-state index in [1.807, 2.05) is 25.2 Å². The van der Waals surface area contributed by atoms with Crippen LogP contribution >= 0.6 is 11.6 Å². The van der Waals surface area contributed by atoms with Crippen LogP contribution in [0.5, 0.6) is 5.75 Å². The fraction of sp³-hybridized carbons (Fsp3) is 0.294. The first-order valence-electron chi connectivity index (χ1n) is 7.02. The quantitative estimate of drug-likeness (QED) is 0.928. The number of benzene rings is 2. The highest BCUT2D eigenvalue weighted by molar-refractivity contribution is 6.31. The number of hydrogen-bond acceptors (Lipinski definition) is 2. The Kier molecular flexibility index (Phi) is 4.13. The van der Waals surface area contributed by atoms with Gasteiger partial charge in [0, 0.05) is 22.5 Å². The Morgan fingerprint density at radius 2 is 2.14 bits per heavy atom. The van der Waals surface area contributed by atoms with Gasteiger partial charge in [-0.3, -0.25) is 0 Å². The van der Waals surface area contributed by atoms with Crippen molar-refractivity contribution in [2.45, 2.75) is 18.4 Å². The summed E-state index contributed by atoms with van der Waals surface area (Å²) in [5.41, 5.74) is 2.02. The Hall–Kier alpha value is -1.58. The summed E-state index contributed by atoms with van der Waals surface area (Å²) in [5.74, 6) is 0.922. The van der Waals surface area contributed by atoms with Crippen molar-refractivity contribution >= 4 is 11.6 Å². The zero-order valence-corrected chi connectivity index (χ0v) is 12.5. The van der Waals surface area contributed by atoms with E-state index in [1.165, 1.54) is 17.7 Å². The van der Waals surface area contributed by atoms with Crippen molar-refractivity contribution in [3.63, 3.8) is 0 Å². The standard InChI is InChI=1S/C17H17ClFNO/c1-20-16(9-11-8-12(19)6-7-15(11)18)14-10-21-17-5-3-2-4-13(14)17/h2-8,14,16,20H,9-10H2,1H3. The molecule has 2 aromatic rings. The van der Waals surface area contributed by atoms with Crippen molar-refractivity contribution in [2.24, 2.45) is 0 Å². The first-order valence-corrected chi connectivity index (χ1v) is 7.39. The molecule has 0 saturated carbocycles. The maximum Gasteiger partial charge on any atom is 0.123 e. The zero-order valence-electron chi connectivity index (χ0n) is 11.8. The molecule has 2 atom stereocenters. The van der Waals surface area contributed by atoms with Gasteiger partial charge >= 0.3 is 0 Å². The molecule has 0 saturated heterocycles. The van der Waals surface area contributed by atoms with Crippen molar-refractivity contribution in [1.82, 2.24) is 5.32 Å². The summed E-state index contributed by atoms with van der Waals surface area (Å²) >= 11 is 6.18. The van der Waals surface area contributed by atoms with Crippen molar-refractivity contribution < 1.29 is 9.13 Å². The summed E-state index contributed by atoms with van der Waals surface area (Å²) in [7, 11) is 1.92. The van der Waals surface area contributed by atoms with E-state index >= 15 is 0 Å². The molecule has 0 amide bonds. The summed E-state index contributed by atoms with van der Waals surface area (Å²) in [6.07, 6.45) is 0.662.